The Balaban J connectivity index is 1.68. The van der Waals surface area contributed by atoms with Gasteiger partial charge < -0.3 is 15.1 Å². The van der Waals surface area contributed by atoms with Crippen LogP contribution in [0.2, 0.25) is 0 Å². The van der Waals surface area contributed by atoms with Gasteiger partial charge in [0.15, 0.2) is 5.96 Å². The van der Waals surface area contributed by atoms with E-state index in [2.05, 4.69) is 37.6 Å². The number of guanidine groups is 1. The Morgan fingerprint density at radius 1 is 1.23 bits per heavy atom. The minimum atomic E-state index is -0.350. The maximum Gasteiger partial charge on any atom is 0.274 e. The number of nitrogens with one attached hydrogen (secondary N) is 1. The van der Waals surface area contributed by atoms with E-state index in [1.54, 1.807) is 23.5 Å². The predicted molar refractivity (Wildman–Crippen MR) is 106 cm³/mol. The molecule has 2 aromatic rings. The Kier molecular flexibility index (Phi) is 6.06. The summed E-state index contributed by atoms with van der Waals surface area (Å²) >= 11 is 1.76. The van der Waals surface area contributed by atoms with Crippen molar-refractivity contribution in [3.8, 4) is 0 Å². The summed E-state index contributed by atoms with van der Waals surface area (Å²) < 4.78 is 0. The van der Waals surface area contributed by atoms with Crippen molar-refractivity contribution in [1.29, 1.82) is 0 Å². The van der Waals surface area contributed by atoms with Crippen LogP contribution >= 0.6 is 11.3 Å². The summed E-state index contributed by atoms with van der Waals surface area (Å²) in [6.45, 7) is 6.72. The topological polar surface area (TPSA) is 74.0 Å². The molecule has 0 aliphatic carbocycles. The average Bonchev–Trinajstić information content (AvgIpc) is 3.20. The number of benzene rings is 1. The number of nitrogens with zero attached hydrogens (tertiary/aromatic N) is 4. The number of nitro groups is 1. The molecule has 1 saturated heterocycles. The molecule has 0 bridgehead atoms. The number of rotatable bonds is 5. The number of hydrogen-bond acceptors (Lipinski definition) is 5. The summed E-state index contributed by atoms with van der Waals surface area (Å²) in [7, 11) is 0. The molecule has 1 aliphatic rings. The van der Waals surface area contributed by atoms with E-state index in [9.17, 15) is 10.1 Å². The Hall–Kier alpha value is -2.61. The van der Waals surface area contributed by atoms with Crippen molar-refractivity contribution >= 4 is 28.0 Å². The van der Waals surface area contributed by atoms with Gasteiger partial charge in [-0.1, -0.05) is 18.2 Å². The standard InChI is InChI=1S/C18H23N5O2S/c1-2-19-18(20-14-15-6-3-4-7-16(15)23(24)25)22-11-9-21(10-12-22)17-8-5-13-26-17/h3-8,13H,2,9-12,14H2,1H3,(H,19,20). The second-order valence-electron chi connectivity index (χ2n) is 5.98. The molecule has 1 aromatic carbocycles. The van der Waals surface area contributed by atoms with Gasteiger partial charge in [0.2, 0.25) is 0 Å². The smallest absolute Gasteiger partial charge is 0.274 e. The molecule has 7 nitrogen and oxygen atoms in total. The lowest BCUT2D eigenvalue weighted by molar-refractivity contribution is -0.385. The Labute approximate surface area is 157 Å². The molecule has 1 N–H and O–H groups in total. The Bertz CT molecular complexity index is 755. The van der Waals surface area contributed by atoms with Gasteiger partial charge in [-0.3, -0.25) is 10.1 Å². The van der Waals surface area contributed by atoms with Crippen LogP contribution in [-0.2, 0) is 6.54 Å². The fourth-order valence-electron chi connectivity index (χ4n) is 3.00. The molecular formula is C18H23N5O2S. The van der Waals surface area contributed by atoms with Gasteiger partial charge >= 0.3 is 0 Å². The van der Waals surface area contributed by atoms with Crippen LogP contribution < -0.4 is 10.2 Å². The number of hydrogen-bond donors (Lipinski definition) is 1. The van der Waals surface area contributed by atoms with E-state index in [0.29, 0.717) is 12.1 Å². The van der Waals surface area contributed by atoms with Crippen molar-refractivity contribution in [2.45, 2.75) is 13.5 Å². The fraction of sp³-hybridized carbons (Fsp3) is 0.389. The number of aliphatic imine (C=N–C) groups is 1. The zero-order chi connectivity index (χ0) is 18.4. The number of nitro benzene ring substituents is 1. The molecule has 0 unspecified atom stereocenters. The molecule has 0 amide bonds. The summed E-state index contributed by atoms with van der Waals surface area (Å²) in [5.41, 5.74) is 0.750. The molecular weight excluding hydrogens is 350 g/mol. The van der Waals surface area contributed by atoms with Gasteiger partial charge in [-0.2, -0.15) is 0 Å². The van der Waals surface area contributed by atoms with E-state index < -0.39 is 0 Å². The highest BCUT2D eigenvalue weighted by Crippen LogP contribution is 2.22. The molecule has 26 heavy (non-hydrogen) atoms. The van der Waals surface area contributed by atoms with Crippen LogP contribution in [-0.4, -0.2) is 48.5 Å². The summed E-state index contributed by atoms with van der Waals surface area (Å²) in [5.74, 6) is 0.816. The largest absolute Gasteiger partial charge is 0.360 e. The number of anilines is 1. The van der Waals surface area contributed by atoms with Gasteiger partial charge in [-0.05, 0) is 24.4 Å². The lowest BCUT2D eigenvalue weighted by Gasteiger charge is -2.37. The van der Waals surface area contributed by atoms with Crippen LogP contribution in [0.4, 0.5) is 10.7 Å². The van der Waals surface area contributed by atoms with Gasteiger partial charge in [-0.15, -0.1) is 11.3 Å². The highest BCUT2D eigenvalue weighted by Gasteiger charge is 2.20. The predicted octanol–water partition coefficient (Wildman–Crippen LogP) is 2.94. The molecule has 0 atom stereocenters. The highest BCUT2D eigenvalue weighted by atomic mass is 32.1. The molecule has 8 heteroatoms. The Morgan fingerprint density at radius 3 is 2.65 bits per heavy atom. The number of piperazine rings is 1. The minimum Gasteiger partial charge on any atom is -0.360 e. The van der Waals surface area contributed by atoms with E-state index in [0.717, 1.165) is 38.7 Å². The van der Waals surface area contributed by atoms with E-state index in [1.807, 2.05) is 13.0 Å². The first-order valence-electron chi connectivity index (χ1n) is 8.73. The lowest BCUT2D eigenvalue weighted by Crippen LogP contribution is -2.52. The fourth-order valence-corrected chi connectivity index (χ4v) is 3.78. The summed E-state index contributed by atoms with van der Waals surface area (Å²) in [5, 5.41) is 17.9. The molecule has 1 aromatic heterocycles. The summed E-state index contributed by atoms with van der Waals surface area (Å²) in [6, 6.07) is 11.0. The van der Waals surface area contributed by atoms with E-state index >= 15 is 0 Å². The normalized spacial score (nSPS) is 15.2. The van der Waals surface area contributed by atoms with Gasteiger partial charge in [0.05, 0.1) is 22.0 Å². The monoisotopic (exact) mass is 373 g/mol. The number of thiophene rings is 1. The van der Waals surface area contributed by atoms with Crippen LogP contribution in [0.5, 0.6) is 0 Å². The van der Waals surface area contributed by atoms with E-state index in [1.165, 1.54) is 11.1 Å². The molecule has 3 rings (SSSR count). The van der Waals surface area contributed by atoms with Crippen molar-refractivity contribution in [1.82, 2.24) is 10.2 Å². The second kappa shape index (κ2) is 8.66. The third kappa shape index (κ3) is 4.32. The van der Waals surface area contributed by atoms with Crippen molar-refractivity contribution in [3.63, 3.8) is 0 Å². The van der Waals surface area contributed by atoms with Crippen molar-refractivity contribution in [2.24, 2.45) is 4.99 Å². The van der Waals surface area contributed by atoms with Crippen LogP contribution in [0.25, 0.3) is 0 Å². The van der Waals surface area contributed by atoms with E-state index in [4.69, 9.17) is 0 Å². The first kappa shape index (κ1) is 18.2. The van der Waals surface area contributed by atoms with Crippen molar-refractivity contribution in [3.05, 3.63) is 57.5 Å². The molecule has 0 spiro atoms. The first-order valence-corrected chi connectivity index (χ1v) is 9.61. The third-order valence-electron chi connectivity index (χ3n) is 4.32. The first-order chi connectivity index (χ1) is 12.7. The van der Waals surface area contributed by atoms with Crippen LogP contribution in [0.15, 0.2) is 46.8 Å². The van der Waals surface area contributed by atoms with Gasteiger partial charge in [-0.25, -0.2) is 4.99 Å². The molecule has 138 valence electrons. The zero-order valence-corrected chi connectivity index (χ0v) is 15.6. The lowest BCUT2D eigenvalue weighted by atomic mass is 10.2. The van der Waals surface area contributed by atoms with Crippen LogP contribution in [0.1, 0.15) is 12.5 Å². The third-order valence-corrected chi connectivity index (χ3v) is 5.25. The number of para-hydroxylation sites is 1. The van der Waals surface area contributed by atoms with Gasteiger partial charge in [0.1, 0.15) is 0 Å². The Morgan fingerprint density at radius 2 is 2.00 bits per heavy atom. The van der Waals surface area contributed by atoms with Gasteiger partial charge in [0.25, 0.3) is 5.69 Å². The highest BCUT2D eigenvalue weighted by molar-refractivity contribution is 7.14. The van der Waals surface area contributed by atoms with Crippen LogP contribution in [0, 0.1) is 10.1 Å². The maximum atomic E-state index is 11.2. The molecule has 1 fully saturated rings. The minimum absolute atomic E-state index is 0.120. The molecule has 0 saturated carbocycles. The van der Waals surface area contributed by atoms with Crippen molar-refractivity contribution < 1.29 is 4.92 Å². The SMILES string of the molecule is CCNC(=NCc1ccccc1[N+](=O)[O-])N1CCN(c2cccs2)CC1. The summed E-state index contributed by atoms with van der Waals surface area (Å²) in [4.78, 5) is 20.1. The van der Waals surface area contributed by atoms with E-state index in [-0.39, 0.29) is 10.6 Å². The summed E-state index contributed by atoms with van der Waals surface area (Å²) in [6.07, 6.45) is 0. The molecule has 1 aliphatic heterocycles. The van der Waals surface area contributed by atoms with Gasteiger partial charge in [0, 0.05) is 38.8 Å². The zero-order valence-electron chi connectivity index (χ0n) is 14.8. The van der Waals surface area contributed by atoms with Crippen LogP contribution in [0.3, 0.4) is 0 Å². The quantitative estimate of drug-likeness (QED) is 0.377. The second-order valence-corrected chi connectivity index (χ2v) is 6.91. The average molecular weight is 373 g/mol. The maximum absolute atomic E-state index is 11.2. The molecule has 2 heterocycles. The van der Waals surface area contributed by atoms with Crippen molar-refractivity contribution in [2.75, 3.05) is 37.6 Å². The molecule has 0 radical (unpaired) electrons.